The number of aliphatic hydroxyl groups excluding tert-OH is 1. The van der Waals surface area contributed by atoms with E-state index in [9.17, 15) is 8.42 Å². The third kappa shape index (κ3) is 6.57. The Kier molecular flexibility index (Phi) is 6.32. The molecule has 0 atom stereocenters. The zero-order valence-corrected chi connectivity index (χ0v) is 8.14. The van der Waals surface area contributed by atoms with Crippen LogP contribution in [-0.2, 0) is 14.3 Å². The molecule has 0 aliphatic rings. The fraction of sp³-hybridized carbons (Fsp3) is 1.00. The van der Waals surface area contributed by atoms with E-state index in [-0.39, 0.29) is 5.75 Å². The van der Waals surface area contributed by atoms with E-state index in [1.165, 1.54) is 0 Å². The van der Waals surface area contributed by atoms with E-state index in [4.69, 9.17) is 5.11 Å². The molecular weight excluding hydrogens is 180 g/mol. The minimum atomic E-state index is -3.46. The third-order valence-electron chi connectivity index (χ3n) is 1.48. The summed E-state index contributed by atoms with van der Waals surface area (Å²) in [5, 5.41) is 8.20. The molecule has 0 saturated heterocycles. The van der Waals surface area contributed by atoms with Crippen molar-refractivity contribution >= 4 is 10.1 Å². The van der Waals surface area contributed by atoms with Gasteiger partial charge in [0.15, 0.2) is 6.79 Å². The van der Waals surface area contributed by atoms with Crippen LogP contribution in [-0.4, -0.2) is 26.1 Å². The highest BCUT2D eigenvalue weighted by atomic mass is 32.2. The molecule has 0 amide bonds. The van der Waals surface area contributed by atoms with Crippen molar-refractivity contribution in [3.05, 3.63) is 0 Å². The lowest BCUT2D eigenvalue weighted by atomic mass is 10.2. The summed E-state index contributed by atoms with van der Waals surface area (Å²) in [6.45, 7) is 1.30. The number of unbranched alkanes of at least 4 members (excludes halogenated alkanes) is 3. The first kappa shape index (κ1) is 11.9. The lowest BCUT2D eigenvalue weighted by Gasteiger charge is -2.01. The van der Waals surface area contributed by atoms with Gasteiger partial charge in [-0.1, -0.05) is 26.2 Å². The van der Waals surface area contributed by atoms with Crippen LogP contribution in [0.15, 0.2) is 0 Å². The van der Waals surface area contributed by atoms with E-state index in [1.807, 2.05) is 0 Å². The van der Waals surface area contributed by atoms with Gasteiger partial charge in [-0.2, -0.15) is 8.42 Å². The second kappa shape index (κ2) is 6.39. The molecule has 0 aromatic rings. The molecule has 0 unspecified atom stereocenters. The number of hydrogen-bond acceptors (Lipinski definition) is 4. The average Bonchev–Trinajstić information content (AvgIpc) is 1.98. The van der Waals surface area contributed by atoms with Crippen LogP contribution < -0.4 is 0 Å². The van der Waals surface area contributed by atoms with Gasteiger partial charge in [0.25, 0.3) is 10.1 Å². The summed E-state index contributed by atoms with van der Waals surface area (Å²) in [5.41, 5.74) is 0. The van der Waals surface area contributed by atoms with Crippen molar-refractivity contribution in [2.75, 3.05) is 12.5 Å². The van der Waals surface area contributed by atoms with Gasteiger partial charge < -0.3 is 5.11 Å². The van der Waals surface area contributed by atoms with Crippen LogP contribution in [0.25, 0.3) is 0 Å². The molecule has 74 valence electrons. The Balaban J connectivity index is 3.48. The van der Waals surface area contributed by atoms with E-state index in [0.717, 1.165) is 19.3 Å². The van der Waals surface area contributed by atoms with Crippen molar-refractivity contribution in [3.63, 3.8) is 0 Å². The molecule has 0 heterocycles. The van der Waals surface area contributed by atoms with E-state index < -0.39 is 16.9 Å². The Hall–Kier alpha value is -0.130. The Morgan fingerprint density at radius 2 is 1.92 bits per heavy atom. The van der Waals surface area contributed by atoms with Crippen LogP contribution >= 0.6 is 0 Å². The van der Waals surface area contributed by atoms with Gasteiger partial charge in [-0.05, 0) is 6.42 Å². The zero-order valence-electron chi connectivity index (χ0n) is 7.32. The first-order valence-corrected chi connectivity index (χ1v) is 5.68. The summed E-state index contributed by atoms with van der Waals surface area (Å²) < 4.78 is 25.8. The maximum absolute atomic E-state index is 10.8. The average molecular weight is 196 g/mol. The second-order valence-corrected chi connectivity index (χ2v) is 4.33. The Bertz CT molecular complexity index is 186. The van der Waals surface area contributed by atoms with Gasteiger partial charge in [0.2, 0.25) is 0 Å². The Labute approximate surface area is 73.7 Å². The quantitative estimate of drug-likeness (QED) is 0.373. The minimum Gasteiger partial charge on any atom is -0.369 e. The van der Waals surface area contributed by atoms with E-state index in [2.05, 4.69) is 11.1 Å². The van der Waals surface area contributed by atoms with E-state index in [0.29, 0.717) is 6.42 Å². The standard InChI is InChI=1S/C7H16O4S/c1-2-3-4-5-6-12(9,10)11-7-8/h8H,2-7H2,1H3. The number of rotatable bonds is 7. The predicted octanol–water partition coefficient (Wildman–Crippen LogP) is 0.863. The fourth-order valence-electron chi connectivity index (χ4n) is 0.845. The molecule has 0 rings (SSSR count). The molecule has 0 aliphatic carbocycles. The molecule has 1 N–H and O–H groups in total. The summed E-state index contributed by atoms with van der Waals surface area (Å²) in [6, 6.07) is 0. The molecule has 0 saturated carbocycles. The normalized spacial score (nSPS) is 11.8. The van der Waals surface area contributed by atoms with Gasteiger partial charge in [-0.15, -0.1) is 0 Å². The molecule has 4 nitrogen and oxygen atoms in total. The second-order valence-electron chi connectivity index (χ2n) is 2.57. The summed E-state index contributed by atoms with van der Waals surface area (Å²) in [6.07, 6.45) is 3.61. The smallest absolute Gasteiger partial charge is 0.269 e. The zero-order chi connectivity index (χ0) is 9.45. The topological polar surface area (TPSA) is 63.6 Å². The van der Waals surface area contributed by atoms with Crippen molar-refractivity contribution in [1.29, 1.82) is 0 Å². The van der Waals surface area contributed by atoms with Crippen LogP contribution in [0.1, 0.15) is 32.6 Å². The van der Waals surface area contributed by atoms with Crippen LogP contribution in [0.5, 0.6) is 0 Å². The molecule has 0 aromatic carbocycles. The highest BCUT2D eigenvalue weighted by molar-refractivity contribution is 7.86. The molecular formula is C7H16O4S. The van der Waals surface area contributed by atoms with Gasteiger partial charge in [0.05, 0.1) is 5.75 Å². The monoisotopic (exact) mass is 196 g/mol. The molecule has 0 aromatic heterocycles. The van der Waals surface area contributed by atoms with Crippen molar-refractivity contribution in [3.8, 4) is 0 Å². The maximum Gasteiger partial charge on any atom is 0.269 e. The van der Waals surface area contributed by atoms with Gasteiger partial charge in [-0.25, -0.2) is 4.18 Å². The van der Waals surface area contributed by atoms with Crippen molar-refractivity contribution in [2.24, 2.45) is 0 Å². The van der Waals surface area contributed by atoms with E-state index in [1.54, 1.807) is 0 Å². The summed E-state index contributed by atoms with van der Waals surface area (Å²) in [4.78, 5) is 0. The lowest BCUT2D eigenvalue weighted by Crippen LogP contribution is -2.11. The van der Waals surface area contributed by atoms with Gasteiger partial charge >= 0.3 is 0 Å². The van der Waals surface area contributed by atoms with Crippen LogP contribution in [0.4, 0.5) is 0 Å². The van der Waals surface area contributed by atoms with Crippen LogP contribution in [0, 0.1) is 0 Å². The predicted molar refractivity (Wildman–Crippen MR) is 46.1 cm³/mol. The Morgan fingerprint density at radius 1 is 1.25 bits per heavy atom. The first-order valence-electron chi connectivity index (χ1n) is 4.10. The van der Waals surface area contributed by atoms with Gasteiger partial charge in [0.1, 0.15) is 0 Å². The van der Waals surface area contributed by atoms with E-state index >= 15 is 0 Å². The molecule has 0 spiro atoms. The first-order chi connectivity index (χ1) is 5.62. The number of hydrogen-bond donors (Lipinski definition) is 1. The lowest BCUT2D eigenvalue weighted by molar-refractivity contribution is 0.105. The van der Waals surface area contributed by atoms with Crippen molar-refractivity contribution in [1.82, 2.24) is 0 Å². The van der Waals surface area contributed by atoms with Crippen molar-refractivity contribution in [2.45, 2.75) is 32.6 Å². The largest absolute Gasteiger partial charge is 0.369 e. The molecule has 0 radical (unpaired) electrons. The van der Waals surface area contributed by atoms with Crippen LogP contribution in [0.3, 0.4) is 0 Å². The molecule has 0 bridgehead atoms. The van der Waals surface area contributed by atoms with Gasteiger partial charge in [-0.3, -0.25) is 0 Å². The summed E-state index contributed by atoms with van der Waals surface area (Å²) in [7, 11) is -3.46. The van der Waals surface area contributed by atoms with Crippen molar-refractivity contribution < 1.29 is 17.7 Å². The highest BCUT2D eigenvalue weighted by Crippen LogP contribution is 2.03. The highest BCUT2D eigenvalue weighted by Gasteiger charge is 2.08. The van der Waals surface area contributed by atoms with Gasteiger partial charge in [0, 0.05) is 0 Å². The third-order valence-corrected chi connectivity index (χ3v) is 2.73. The minimum absolute atomic E-state index is 0.00750. The summed E-state index contributed by atoms with van der Waals surface area (Å²) >= 11 is 0. The molecule has 0 aliphatic heterocycles. The summed E-state index contributed by atoms with van der Waals surface area (Å²) in [5.74, 6) is 0.00750. The number of aliphatic hydroxyl groups is 1. The Morgan fingerprint density at radius 3 is 2.42 bits per heavy atom. The molecule has 0 fully saturated rings. The SMILES string of the molecule is CCCCCCS(=O)(=O)OCO. The molecule has 12 heavy (non-hydrogen) atoms. The maximum atomic E-state index is 10.8. The van der Waals surface area contributed by atoms with Crippen LogP contribution in [0.2, 0.25) is 0 Å². The molecule has 5 heteroatoms. The fourth-order valence-corrected chi connectivity index (χ4v) is 1.68.